The van der Waals surface area contributed by atoms with E-state index < -0.39 is 31.1 Å². The Morgan fingerprint density at radius 1 is 1.25 bits per heavy atom. The summed E-state index contributed by atoms with van der Waals surface area (Å²) >= 11 is 0. The van der Waals surface area contributed by atoms with Crippen molar-refractivity contribution in [3.8, 4) is 5.95 Å². The van der Waals surface area contributed by atoms with Gasteiger partial charge in [0, 0.05) is 12.4 Å². The molecule has 0 aromatic carbocycles. The van der Waals surface area contributed by atoms with Crippen LogP contribution in [0.15, 0.2) is 24.8 Å². The number of hydrogen-bond donors (Lipinski definition) is 4. The van der Waals surface area contributed by atoms with E-state index in [-0.39, 0.29) is 11.8 Å². The van der Waals surface area contributed by atoms with Gasteiger partial charge in [0.2, 0.25) is 0 Å². The van der Waals surface area contributed by atoms with E-state index in [9.17, 15) is 15.3 Å². The molecule has 24 heavy (non-hydrogen) atoms. The molecule has 11 nitrogen and oxygen atoms in total. The maximum absolute atomic E-state index is 10.2. The van der Waals surface area contributed by atoms with Gasteiger partial charge < -0.3 is 25.8 Å². The van der Waals surface area contributed by atoms with Gasteiger partial charge in [-0.05, 0) is 6.07 Å². The number of imidazole rings is 1. The summed E-state index contributed by atoms with van der Waals surface area (Å²) in [4.78, 5) is 12.7. The van der Waals surface area contributed by atoms with Crippen molar-refractivity contribution < 1.29 is 20.1 Å². The monoisotopic (exact) mass is 333 g/mol. The largest absolute Gasteiger partial charge is 0.394 e. The fourth-order valence-electron chi connectivity index (χ4n) is 2.71. The number of aliphatic hydroxyl groups is 3. The van der Waals surface area contributed by atoms with Crippen LogP contribution in [0.5, 0.6) is 0 Å². The topological polar surface area (TPSA) is 157 Å². The van der Waals surface area contributed by atoms with Gasteiger partial charge >= 0.3 is 0 Å². The van der Waals surface area contributed by atoms with Crippen LogP contribution in [0.2, 0.25) is 0 Å². The highest BCUT2D eigenvalue weighted by Crippen LogP contribution is 2.32. The van der Waals surface area contributed by atoms with Crippen LogP contribution in [0.3, 0.4) is 0 Å². The molecule has 11 heteroatoms. The molecule has 1 aliphatic heterocycles. The Balaban J connectivity index is 1.82. The first kappa shape index (κ1) is 15.0. The van der Waals surface area contributed by atoms with Gasteiger partial charge in [-0.25, -0.2) is 9.67 Å². The summed E-state index contributed by atoms with van der Waals surface area (Å²) in [5.41, 5.74) is 6.59. The molecular weight excluding hydrogens is 318 g/mol. The molecule has 1 saturated heterocycles. The number of aromatic nitrogens is 6. The summed E-state index contributed by atoms with van der Waals surface area (Å²) < 4.78 is 8.39. The Morgan fingerprint density at radius 2 is 2.08 bits per heavy atom. The second-order valence-electron chi connectivity index (χ2n) is 5.41. The van der Waals surface area contributed by atoms with Gasteiger partial charge in [-0.3, -0.25) is 4.57 Å². The van der Waals surface area contributed by atoms with Crippen molar-refractivity contribution >= 4 is 17.0 Å². The molecule has 0 unspecified atom stereocenters. The van der Waals surface area contributed by atoms with E-state index in [2.05, 4.69) is 20.1 Å². The standard InChI is InChI=1S/C13H15N7O4/c14-10-7-11(18-13(17-10)20-3-1-2-16-20)19(5-15-7)12-9(23)8(22)6(4-21)24-12/h1-3,5-6,8-9,12,21-23H,4H2,(H2,14,17,18)/t6-,8-,9-,12-/m1/s1. The summed E-state index contributed by atoms with van der Waals surface area (Å²) in [7, 11) is 0. The molecule has 126 valence electrons. The zero-order valence-corrected chi connectivity index (χ0v) is 12.3. The van der Waals surface area contributed by atoms with Crippen molar-refractivity contribution in [3.05, 3.63) is 24.8 Å². The molecule has 3 aromatic rings. The Labute approximate surface area is 135 Å². The number of nitrogen functional groups attached to an aromatic ring is 1. The van der Waals surface area contributed by atoms with Crippen LogP contribution in [-0.4, -0.2) is 69.5 Å². The third-order valence-electron chi connectivity index (χ3n) is 3.94. The minimum Gasteiger partial charge on any atom is -0.394 e. The second kappa shape index (κ2) is 5.49. The first-order chi connectivity index (χ1) is 11.6. The number of anilines is 1. The van der Waals surface area contributed by atoms with E-state index >= 15 is 0 Å². The van der Waals surface area contributed by atoms with Crippen molar-refractivity contribution in [3.63, 3.8) is 0 Å². The molecule has 0 saturated carbocycles. The van der Waals surface area contributed by atoms with E-state index in [4.69, 9.17) is 10.5 Å². The first-order valence-electron chi connectivity index (χ1n) is 7.22. The lowest BCUT2D eigenvalue weighted by atomic mass is 10.1. The van der Waals surface area contributed by atoms with Crippen molar-refractivity contribution in [1.82, 2.24) is 29.3 Å². The second-order valence-corrected chi connectivity index (χ2v) is 5.41. The molecule has 1 aliphatic rings. The predicted octanol–water partition coefficient (Wildman–Crippen LogP) is -1.79. The van der Waals surface area contributed by atoms with Crippen LogP contribution in [0.4, 0.5) is 5.82 Å². The lowest BCUT2D eigenvalue weighted by molar-refractivity contribution is -0.0511. The number of nitrogens with zero attached hydrogens (tertiary/aromatic N) is 6. The maximum Gasteiger partial charge on any atom is 0.254 e. The van der Waals surface area contributed by atoms with Crippen molar-refractivity contribution in [2.45, 2.75) is 24.5 Å². The van der Waals surface area contributed by atoms with Gasteiger partial charge in [0.05, 0.1) is 12.9 Å². The molecule has 0 amide bonds. The Bertz CT molecular complexity index is 865. The molecule has 0 radical (unpaired) electrons. The summed E-state index contributed by atoms with van der Waals surface area (Å²) in [6.07, 6.45) is 0.310. The normalized spacial score (nSPS) is 27.1. The van der Waals surface area contributed by atoms with Crippen LogP contribution in [0, 0.1) is 0 Å². The Hall–Kier alpha value is -2.60. The number of fused-ring (bicyclic) bond motifs is 1. The van der Waals surface area contributed by atoms with Gasteiger partial charge in [0.1, 0.15) is 23.8 Å². The van der Waals surface area contributed by atoms with Crippen LogP contribution in [0.25, 0.3) is 17.1 Å². The number of hydrogen-bond acceptors (Lipinski definition) is 9. The van der Waals surface area contributed by atoms with Gasteiger partial charge in [-0.15, -0.1) is 0 Å². The first-order valence-corrected chi connectivity index (χ1v) is 7.22. The van der Waals surface area contributed by atoms with Gasteiger partial charge in [-0.2, -0.15) is 15.1 Å². The zero-order chi connectivity index (χ0) is 16.8. The van der Waals surface area contributed by atoms with E-state index in [0.717, 1.165) is 0 Å². The van der Waals surface area contributed by atoms with Gasteiger partial charge in [0.25, 0.3) is 5.95 Å². The van der Waals surface area contributed by atoms with Crippen molar-refractivity contribution in [1.29, 1.82) is 0 Å². The van der Waals surface area contributed by atoms with Crippen LogP contribution >= 0.6 is 0 Å². The SMILES string of the molecule is Nc1nc(-n2cccn2)nc2c1ncn2[C@@H]1O[C@H](CO)[C@@H](O)[C@H]1O. The van der Waals surface area contributed by atoms with Crippen LogP contribution < -0.4 is 5.73 Å². The third-order valence-corrected chi connectivity index (χ3v) is 3.94. The number of aliphatic hydroxyl groups excluding tert-OH is 3. The summed E-state index contributed by atoms with van der Waals surface area (Å²) in [5, 5.41) is 33.4. The Morgan fingerprint density at radius 3 is 2.75 bits per heavy atom. The third kappa shape index (κ3) is 2.14. The average Bonchev–Trinajstić information content (AvgIpc) is 3.28. The molecule has 0 spiro atoms. The molecule has 3 aromatic heterocycles. The zero-order valence-electron chi connectivity index (χ0n) is 12.3. The molecule has 5 N–H and O–H groups in total. The molecule has 0 aliphatic carbocycles. The minimum atomic E-state index is -1.25. The highest BCUT2D eigenvalue weighted by Gasteiger charge is 2.44. The fourth-order valence-corrected chi connectivity index (χ4v) is 2.71. The van der Waals surface area contributed by atoms with E-state index in [1.54, 1.807) is 18.5 Å². The lowest BCUT2D eigenvalue weighted by Crippen LogP contribution is -2.33. The predicted molar refractivity (Wildman–Crippen MR) is 79.9 cm³/mol. The number of rotatable bonds is 3. The number of ether oxygens (including phenoxy) is 1. The minimum absolute atomic E-state index is 0.149. The van der Waals surface area contributed by atoms with E-state index in [1.165, 1.54) is 15.6 Å². The van der Waals surface area contributed by atoms with Gasteiger partial charge in [-0.1, -0.05) is 0 Å². The lowest BCUT2D eigenvalue weighted by Gasteiger charge is -2.16. The molecule has 4 atom stereocenters. The maximum atomic E-state index is 10.2. The van der Waals surface area contributed by atoms with E-state index in [0.29, 0.717) is 11.2 Å². The summed E-state index contributed by atoms with van der Waals surface area (Å²) in [6.45, 7) is -0.420. The highest BCUT2D eigenvalue weighted by molar-refractivity contribution is 5.82. The van der Waals surface area contributed by atoms with E-state index in [1.807, 2.05) is 0 Å². The van der Waals surface area contributed by atoms with Gasteiger partial charge in [0.15, 0.2) is 17.7 Å². The number of nitrogens with two attached hydrogens (primary N) is 1. The quantitative estimate of drug-likeness (QED) is 0.434. The van der Waals surface area contributed by atoms with Crippen LogP contribution in [-0.2, 0) is 4.74 Å². The molecular formula is C13H15N7O4. The molecule has 1 fully saturated rings. The average molecular weight is 333 g/mol. The summed E-state index contributed by atoms with van der Waals surface area (Å²) in [5.74, 6) is 0.384. The molecule has 0 bridgehead atoms. The smallest absolute Gasteiger partial charge is 0.254 e. The highest BCUT2D eigenvalue weighted by atomic mass is 16.6. The van der Waals surface area contributed by atoms with Crippen LogP contribution in [0.1, 0.15) is 6.23 Å². The fraction of sp³-hybridized carbons (Fsp3) is 0.385. The molecule has 4 heterocycles. The summed E-state index contributed by atoms with van der Waals surface area (Å²) in [6, 6.07) is 1.72. The van der Waals surface area contributed by atoms with Crippen molar-refractivity contribution in [2.24, 2.45) is 0 Å². The Kier molecular flexibility index (Phi) is 3.42. The molecule has 4 rings (SSSR count). The van der Waals surface area contributed by atoms with Crippen molar-refractivity contribution in [2.75, 3.05) is 12.3 Å².